The standard InChI is InChI=1S/C28H40N6O7S/c1-7-39-23(35)21-22(32(6)27(38)42-31-26(37)40-8-2)30-24(34(21)17-19-13-10-9-11-14-19)33-16-12-15-20(18-33)29-25(36)41-28(3,4)5/h9-11,13-14,20H,7-8,12,15-18H2,1-6H3,(H,29,36)(H,31,37). The number of anilines is 2. The maximum Gasteiger partial charge on any atom is 0.417 e. The summed E-state index contributed by atoms with van der Waals surface area (Å²) in [5, 5.41) is 2.35. The Kier molecular flexibility index (Phi) is 11.5. The fourth-order valence-electron chi connectivity index (χ4n) is 4.37. The second-order valence-electron chi connectivity index (χ2n) is 10.6. The van der Waals surface area contributed by atoms with Crippen molar-refractivity contribution < 1.29 is 33.4 Å². The lowest BCUT2D eigenvalue weighted by molar-refractivity contribution is 0.0495. The fraction of sp³-hybridized carbons (Fsp3) is 0.536. The van der Waals surface area contributed by atoms with Crippen LogP contribution in [0.1, 0.15) is 63.5 Å². The molecule has 0 aliphatic carbocycles. The lowest BCUT2D eigenvalue weighted by Crippen LogP contribution is -2.49. The number of carbonyl (C=O) groups excluding carboxylic acids is 4. The third-order valence-corrected chi connectivity index (χ3v) is 6.81. The molecular weight excluding hydrogens is 564 g/mol. The van der Waals surface area contributed by atoms with Crippen LogP contribution in [-0.2, 0) is 20.8 Å². The Hall–Kier alpha value is -3.94. The maximum atomic E-state index is 13.4. The molecule has 0 saturated carbocycles. The predicted molar refractivity (Wildman–Crippen MR) is 160 cm³/mol. The third kappa shape index (κ3) is 9.03. The fourth-order valence-corrected chi connectivity index (χ4v) is 4.83. The van der Waals surface area contributed by atoms with Crippen LogP contribution in [0.15, 0.2) is 30.3 Å². The normalized spacial score (nSPS) is 15.0. The van der Waals surface area contributed by atoms with Gasteiger partial charge in [0.2, 0.25) is 5.95 Å². The van der Waals surface area contributed by atoms with E-state index in [1.807, 2.05) is 35.2 Å². The number of alkyl carbamates (subject to hydrolysis) is 1. The van der Waals surface area contributed by atoms with E-state index >= 15 is 0 Å². The van der Waals surface area contributed by atoms with Crippen molar-refractivity contribution in [1.29, 1.82) is 0 Å². The van der Waals surface area contributed by atoms with Gasteiger partial charge in [-0.3, -0.25) is 19.0 Å². The molecule has 1 aromatic heterocycles. The summed E-state index contributed by atoms with van der Waals surface area (Å²) in [5.74, 6) is -0.133. The lowest BCUT2D eigenvalue weighted by atomic mass is 10.1. The van der Waals surface area contributed by atoms with Crippen LogP contribution >= 0.6 is 11.9 Å². The molecule has 0 radical (unpaired) electrons. The van der Waals surface area contributed by atoms with Crippen LogP contribution in [0.3, 0.4) is 0 Å². The number of piperidine rings is 1. The zero-order valence-electron chi connectivity index (χ0n) is 25.0. The first-order valence-electron chi connectivity index (χ1n) is 13.9. The SMILES string of the molecule is CCOC(=O)NSC(=O)N(C)c1nc(N2CCCC(NC(=O)OC(C)(C)C)C2)n(Cc2ccccc2)c1C(=O)OCC. The van der Waals surface area contributed by atoms with E-state index in [1.165, 1.54) is 11.9 Å². The molecule has 2 aromatic rings. The molecule has 1 aliphatic heterocycles. The highest BCUT2D eigenvalue weighted by molar-refractivity contribution is 8.12. The highest BCUT2D eigenvalue weighted by Crippen LogP contribution is 2.31. The zero-order valence-corrected chi connectivity index (χ0v) is 25.8. The van der Waals surface area contributed by atoms with Gasteiger partial charge in [0.15, 0.2) is 11.5 Å². The van der Waals surface area contributed by atoms with Crippen LogP contribution in [0.4, 0.5) is 26.1 Å². The van der Waals surface area contributed by atoms with Crippen molar-refractivity contribution in [3.63, 3.8) is 0 Å². The first-order chi connectivity index (χ1) is 19.9. The van der Waals surface area contributed by atoms with Gasteiger partial charge in [-0.15, -0.1) is 0 Å². The van der Waals surface area contributed by atoms with Gasteiger partial charge in [-0.25, -0.2) is 14.4 Å². The number of nitrogens with zero attached hydrogens (tertiary/aromatic N) is 4. The van der Waals surface area contributed by atoms with E-state index in [2.05, 4.69) is 10.0 Å². The van der Waals surface area contributed by atoms with E-state index in [9.17, 15) is 19.2 Å². The molecule has 2 heterocycles. The van der Waals surface area contributed by atoms with Gasteiger partial charge in [-0.05, 0) is 53.0 Å². The number of carbonyl (C=O) groups is 4. The average molecular weight is 605 g/mol. The molecule has 2 N–H and O–H groups in total. The Morgan fingerprint density at radius 1 is 1.07 bits per heavy atom. The molecule has 3 amide bonds. The van der Waals surface area contributed by atoms with Crippen molar-refractivity contribution in [2.75, 3.05) is 43.2 Å². The zero-order chi connectivity index (χ0) is 30.9. The van der Waals surface area contributed by atoms with Crippen LogP contribution in [0.5, 0.6) is 0 Å². The molecule has 14 heteroatoms. The lowest BCUT2D eigenvalue weighted by Gasteiger charge is -2.34. The van der Waals surface area contributed by atoms with Crippen molar-refractivity contribution in [2.24, 2.45) is 0 Å². The number of benzene rings is 1. The Morgan fingerprint density at radius 3 is 2.40 bits per heavy atom. The molecule has 230 valence electrons. The third-order valence-electron chi connectivity index (χ3n) is 6.10. The molecule has 1 unspecified atom stereocenters. The number of imidazole rings is 1. The van der Waals surface area contributed by atoms with Gasteiger partial charge >= 0.3 is 23.4 Å². The van der Waals surface area contributed by atoms with E-state index in [4.69, 9.17) is 19.2 Å². The summed E-state index contributed by atoms with van der Waals surface area (Å²) in [5.41, 5.74) is 0.358. The minimum Gasteiger partial charge on any atom is -0.461 e. The summed E-state index contributed by atoms with van der Waals surface area (Å²) in [6.07, 6.45) is 0.214. The van der Waals surface area contributed by atoms with Crippen molar-refractivity contribution in [3.05, 3.63) is 41.6 Å². The minimum atomic E-state index is -0.762. The van der Waals surface area contributed by atoms with E-state index in [0.29, 0.717) is 31.0 Å². The first kappa shape index (κ1) is 32.6. The predicted octanol–water partition coefficient (Wildman–Crippen LogP) is 4.55. The van der Waals surface area contributed by atoms with Crippen molar-refractivity contribution in [3.8, 4) is 0 Å². The largest absolute Gasteiger partial charge is 0.461 e. The molecule has 1 saturated heterocycles. The summed E-state index contributed by atoms with van der Waals surface area (Å²) in [4.78, 5) is 58.6. The van der Waals surface area contributed by atoms with Gasteiger partial charge in [-0.1, -0.05) is 30.3 Å². The molecule has 0 spiro atoms. The van der Waals surface area contributed by atoms with E-state index in [-0.39, 0.29) is 37.3 Å². The van der Waals surface area contributed by atoms with Crippen LogP contribution in [0.25, 0.3) is 0 Å². The van der Waals surface area contributed by atoms with E-state index < -0.39 is 29.0 Å². The van der Waals surface area contributed by atoms with Crippen LogP contribution in [-0.4, -0.2) is 77.9 Å². The summed E-state index contributed by atoms with van der Waals surface area (Å²) in [6, 6.07) is 9.31. The number of rotatable bonds is 8. The number of amides is 3. The van der Waals surface area contributed by atoms with E-state index in [1.54, 1.807) is 39.2 Å². The Morgan fingerprint density at radius 2 is 1.76 bits per heavy atom. The molecule has 0 bridgehead atoms. The smallest absolute Gasteiger partial charge is 0.417 e. The number of aromatic nitrogens is 2. The minimum absolute atomic E-state index is 0.0739. The van der Waals surface area contributed by atoms with Crippen molar-refractivity contribution in [1.82, 2.24) is 19.6 Å². The number of nitrogens with one attached hydrogen (secondary N) is 2. The monoisotopic (exact) mass is 604 g/mol. The Balaban J connectivity index is 2.00. The van der Waals surface area contributed by atoms with Gasteiger partial charge in [0, 0.05) is 26.2 Å². The van der Waals surface area contributed by atoms with Crippen molar-refractivity contribution in [2.45, 2.75) is 65.6 Å². The maximum absolute atomic E-state index is 13.4. The van der Waals surface area contributed by atoms with Gasteiger partial charge in [0.25, 0.3) is 0 Å². The number of hydrogen-bond donors (Lipinski definition) is 2. The number of ether oxygens (including phenoxy) is 3. The van der Waals surface area contributed by atoms with Crippen LogP contribution < -0.4 is 19.8 Å². The van der Waals surface area contributed by atoms with Crippen LogP contribution in [0, 0.1) is 0 Å². The molecule has 3 rings (SSSR count). The molecule has 1 aliphatic rings. The highest BCUT2D eigenvalue weighted by Gasteiger charge is 2.34. The van der Waals surface area contributed by atoms with E-state index in [0.717, 1.165) is 18.4 Å². The van der Waals surface area contributed by atoms with Gasteiger partial charge in [0.05, 0.1) is 31.7 Å². The van der Waals surface area contributed by atoms with Gasteiger partial charge in [-0.2, -0.15) is 4.98 Å². The summed E-state index contributed by atoms with van der Waals surface area (Å²) >= 11 is 0.514. The quantitative estimate of drug-likeness (QED) is 0.250. The number of hydrogen-bond acceptors (Lipinski definition) is 10. The molecule has 13 nitrogen and oxygen atoms in total. The van der Waals surface area contributed by atoms with Crippen molar-refractivity contribution >= 4 is 47.1 Å². The van der Waals surface area contributed by atoms with Crippen LogP contribution in [0.2, 0.25) is 0 Å². The highest BCUT2D eigenvalue weighted by atomic mass is 32.2. The number of esters is 1. The molecule has 1 fully saturated rings. The topological polar surface area (TPSA) is 144 Å². The molecule has 42 heavy (non-hydrogen) atoms. The Labute approximate surface area is 250 Å². The summed E-state index contributed by atoms with van der Waals surface area (Å²) in [7, 11) is 1.47. The summed E-state index contributed by atoms with van der Waals surface area (Å²) < 4.78 is 19.7. The average Bonchev–Trinajstić information content (AvgIpc) is 3.30. The molecule has 1 atom stereocenters. The second kappa shape index (κ2) is 14.8. The first-order valence-corrected chi connectivity index (χ1v) is 14.7. The van der Waals surface area contributed by atoms with Gasteiger partial charge < -0.3 is 24.4 Å². The summed E-state index contributed by atoms with van der Waals surface area (Å²) in [6.45, 7) is 10.3. The molecule has 1 aromatic carbocycles. The van der Waals surface area contributed by atoms with Gasteiger partial charge in [0.1, 0.15) is 5.60 Å². The molecular formula is C28H40N6O7S. The second-order valence-corrected chi connectivity index (χ2v) is 11.3. The Bertz CT molecular complexity index is 1250.